The Morgan fingerprint density at radius 3 is 2.72 bits per heavy atom. The number of aliphatic hydroxyl groups is 1. The molecule has 2 rings (SSSR count). The van der Waals surface area contributed by atoms with Crippen LogP contribution in [0.15, 0.2) is 22.8 Å². The van der Waals surface area contributed by atoms with Gasteiger partial charge < -0.3 is 10.4 Å². The van der Waals surface area contributed by atoms with Gasteiger partial charge in [-0.05, 0) is 59.7 Å². The number of nitrogens with zero attached hydrogens (tertiary/aromatic N) is 1. The molecular formula is C13H17BrN2O2. The second-order valence-corrected chi connectivity index (χ2v) is 5.66. The minimum absolute atomic E-state index is 0.131. The molecule has 0 aromatic carbocycles. The summed E-state index contributed by atoms with van der Waals surface area (Å²) >= 11 is 3.28. The van der Waals surface area contributed by atoms with Gasteiger partial charge in [-0.25, -0.2) is 4.98 Å². The third-order valence-electron chi connectivity index (χ3n) is 3.33. The van der Waals surface area contributed by atoms with Crippen LogP contribution in [-0.4, -0.2) is 28.6 Å². The number of halogens is 1. The SMILES string of the molecule is O=C(NCC1CCC(O)CC1)c1ccc(Br)cn1. The number of hydrogen-bond donors (Lipinski definition) is 2. The predicted molar refractivity (Wildman–Crippen MR) is 72.2 cm³/mol. The fourth-order valence-corrected chi connectivity index (χ4v) is 2.42. The van der Waals surface area contributed by atoms with E-state index in [1.807, 2.05) is 0 Å². The van der Waals surface area contributed by atoms with Crippen LogP contribution in [0.1, 0.15) is 36.2 Å². The molecule has 1 amide bonds. The van der Waals surface area contributed by atoms with Crippen molar-refractivity contribution in [1.29, 1.82) is 0 Å². The molecular weight excluding hydrogens is 296 g/mol. The van der Waals surface area contributed by atoms with Crippen LogP contribution >= 0.6 is 15.9 Å². The first-order chi connectivity index (χ1) is 8.65. The van der Waals surface area contributed by atoms with E-state index in [9.17, 15) is 9.90 Å². The lowest BCUT2D eigenvalue weighted by molar-refractivity contribution is 0.0906. The third kappa shape index (κ3) is 3.78. The summed E-state index contributed by atoms with van der Waals surface area (Å²) in [7, 11) is 0. The standard InChI is InChI=1S/C13H17BrN2O2/c14-10-3-6-12(15-8-10)13(18)16-7-9-1-4-11(17)5-2-9/h3,6,8-9,11,17H,1-2,4-5,7H2,(H,16,18). The summed E-state index contributed by atoms with van der Waals surface area (Å²) in [6.45, 7) is 0.670. The topological polar surface area (TPSA) is 62.2 Å². The fraction of sp³-hybridized carbons (Fsp3) is 0.538. The first-order valence-corrected chi connectivity index (χ1v) is 7.02. The minimum Gasteiger partial charge on any atom is -0.393 e. The zero-order chi connectivity index (χ0) is 13.0. The van der Waals surface area contributed by atoms with E-state index in [0.717, 1.165) is 30.2 Å². The zero-order valence-corrected chi connectivity index (χ0v) is 11.7. The molecule has 1 aliphatic rings. The van der Waals surface area contributed by atoms with E-state index in [1.165, 1.54) is 0 Å². The molecule has 0 unspecified atom stereocenters. The largest absolute Gasteiger partial charge is 0.393 e. The maximum atomic E-state index is 11.8. The number of nitrogens with one attached hydrogen (secondary N) is 1. The Labute approximate surface area is 115 Å². The smallest absolute Gasteiger partial charge is 0.269 e. The first kappa shape index (κ1) is 13.5. The molecule has 1 fully saturated rings. The number of aromatic nitrogens is 1. The molecule has 0 atom stereocenters. The number of rotatable bonds is 3. The van der Waals surface area contributed by atoms with Crippen LogP contribution in [0.2, 0.25) is 0 Å². The molecule has 0 aliphatic heterocycles. The Morgan fingerprint density at radius 1 is 1.39 bits per heavy atom. The molecule has 1 heterocycles. The number of amides is 1. The molecule has 0 spiro atoms. The Morgan fingerprint density at radius 2 is 2.11 bits per heavy atom. The van der Waals surface area contributed by atoms with Gasteiger partial charge in [0.15, 0.2) is 0 Å². The van der Waals surface area contributed by atoms with Crippen LogP contribution in [0.5, 0.6) is 0 Å². The van der Waals surface area contributed by atoms with Gasteiger partial charge in [0, 0.05) is 17.2 Å². The van der Waals surface area contributed by atoms with E-state index < -0.39 is 0 Å². The van der Waals surface area contributed by atoms with E-state index in [1.54, 1.807) is 18.3 Å². The molecule has 5 heteroatoms. The summed E-state index contributed by atoms with van der Waals surface area (Å²) in [5.74, 6) is 0.349. The van der Waals surface area contributed by atoms with Crippen LogP contribution in [0.25, 0.3) is 0 Å². The van der Waals surface area contributed by atoms with Crippen molar-refractivity contribution in [1.82, 2.24) is 10.3 Å². The lowest BCUT2D eigenvalue weighted by Crippen LogP contribution is -2.32. The first-order valence-electron chi connectivity index (χ1n) is 6.23. The molecule has 0 bridgehead atoms. The highest BCUT2D eigenvalue weighted by Crippen LogP contribution is 2.23. The molecule has 0 saturated heterocycles. The minimum atomic E-state index is -0.148. The Balaban J connectivity index is 1.79. The number of aliphatic hydroxyl groups excluding tert-OH is 1. The van der Waals surface area contributed by atoms with Crippen molar-refractivity contribution in [2.75, 3.05) is 6.54 Å². The van der Waals surface area contributed by atoms with E-state index in [4.69, 9.17) is 0 Å². The van der Waals surface area contributed by atoms with Crippen molar-refractivity contribution in [2.45, 2.75) is 31.8 Å². The molecule has 1 aromatic rings. The molecule has 0 radical (unpaired) electrons. The average Bonchev–Trinajstić information content (AvgIpc) is 2.38. The van der Waals surface area contributed by atoms with Gasteiger partial charge in [0.05, 0.1) is 6.10 Å². The maximum absolute atomic E-state index is 11.8. The number of pyridine rings is 1. The number of carbonyl (C=O) groups is 1. The Kier molecular flexibility index (Phi) is 4.72. The van der Waals surface area contributed by atoms with Crippen molar-refractivity contribution in [3.05, 3.63) is 28.5 Å². The number of hydrogen-bond acceptors (Lipinski definition) is 3. The van der Waals surface area contributed by atoms with Crippen LogP contribution in [0.4, 0.5) is 0 Å². The second kappa shape index (κ2) is 6.29. The highest BCUT2D eigenvalue weighted by molar-refractivity contribution is 9.10. The van der Waals surface area contributed by atoms with Crippen LogP contribution in [0.3, 0.4) is 0 Å². The van der Waals surface area contributed by atoms with Crippen molar-refractivity contribution in [3.63, 3.8) is 0 Å². The summed E-state index contributed by atoms with van der Waals surface area (Å²) in [5, 5.41) is 12.3. The van der Waals surface area contributed by atoms with Crippen molar-refractivity contribution in [2.24, 2.45) is 5.92 Å². The highest BCUT2D eigenvalue weighted by Gasteiger charge is 2.20. The van der Waals surface area contributed by atoms with E-state index in [-0.39, 0.29) is 12.0 Å². The summed E-state index contributed by atoms with van der Waals surface area (Å²) in [6.07, 6.45) is 5.12. The third-order valence-corrected chi connectivity index (χ3v) is 3.80. The lowest BCUT2D eigenvalue weighted by Gasteiger charge is -2.25. The van der Waals surface area contributed by atoms with Crippen LogP contribution in [0, 0.1) is 5.92 Å². The van der Waals surface area contributed by atoms with E-state index in [0.29, 0.717) is 18.2 Å². The Bertz CT molecular complexity index is 400. The van der Waals surface area contributed by atoms with Gasteiger partial charge in [0.25, 0.3) is 5.91 Å². The van der Waals surface area contributed by atoms with Gasteiger partial charge >= 0.3 is 0 Å². The monoisotopic (exact) mass is 312 g/mol. The van der Waals surface area contributed by atoms with Crippen molar-refractivity contribution < 1.29 is 9.90 Å². The molecule has 98 valence electrons. The van der Waals surface area contributed by atoms with Gasteiger partial charge in [-0.1, -0.05) is 0 Å². The van der Waals surface area contributed by atoms with Gasteiger partial charge in [0.2, 0.25) is 0 Å². The molecule has 18 heavy (non-hydrogen) atoms. The van der Waals surface area contributed by atoms with Gasteiger partial charge in [-0.2, -0.15) is 0 Å². The molecule has 1 aromatic heterocycles. The molecule has 4 nitrogen and oxygen atoms in total. The van der Waals surface area contributed by atoms with Gasteiger partial charge in [-0.3, -0.25) is 4.79 Å². The lowest BCUT2D eigenvalue weighted by atomic mass is 9.87. The van der Waals surface area contributed by atoms with Crippen molar-refractivity contribution >= 4 is 21.8 Å². The fourth-order valence-electron chi connectivity index (χ4n) is 2.19. The molecule has 2 N–H and O–H groups in total. The second-order valence-electron chi connectivity index (χ2n) is 4.75. The van der Waals surface area contributed by atoms with E-state index >= 15 is 0 Å². The molecule has 1 aliphatic carbocycles. The van der Waals surface area contributed by atoms with Crippen molar-refractivity contribution in [3.8, 4) is 0 Å². The van der Waals surface area contributed by atoms with E-state index in [2.05, 4.69) is 26.2 Å². The summed E-state index contributed by atoms with van der Waals surface area (Å²) < 4.78 is 0.861. The van der Waals surface area contributed by atoms with Crippen LogP contribution in [-0.2, 0) is 0 Å². The summed E-state index contributed by atoms with van der Waals surface area (Å²) in [5.41, 5.74) is 0.439. The normalized spacial score (nSPS) is 23.7. The number of carbonyl (C=O) groups excluding carboxylic acids is 1. The summed E-state index contributed by atoms with van der Waals surface area (Å²) in [4.78, 5) is 15.9. The average molecular weight is 313 g/mol. The predicted octanol–water partition coefficient (Wildman–Crippen LogP) is 2.12. The highest BCUT2D eigenvalue weighted by atomic mass is 79.9. The van der Waals surface area contributed by atoms with Crippen LogP contribution < -0.4 is 5.32 Å². The summed E-state index contributed by atoms with van der Waals surface area (Å²) in [6, 6.07) is 3.50. The molecule has 1 saturated carbocycles. The Hall–Kier alpha value is -0.940. The van der Waals surface area contributed by atoms with Gasteiger partial charge in [0.1, 0.15) is 5.69 Å². The quantitative estimate of drug-likeness (QED) is 0.898. The van der Waals surface area contributed by atoms with Gasteiger partial charge in [-0.15, -0.1) is 0 Å². The zero-order valence-electron chi connectivity index (χ0n) is 10.1. The maximum Gasteiger partial charge on any atom is 0.269 e.